The monoisotopic (exact) mass is 376 g/mol. The summed E-state index contributed by atoms with van der Waals surface area (Å²) in [5.74, 6) is -1.01. The van der Waals surface area contributed by atoms with Crippen molar-refractivity contribution in [2.45, 2.75) is 18.7 Å². The zero-order valence-electron chi connectivity index (χ0n) is 14.5. The SMILES string of the molecule is CCOC(=O)c1ccc(S(=O)(=O)NCC(=O)Nc2ccc(C)cc2)cc1. The van der Waals surface area contributed by atoms with Gasteiger partial charge in [-0.25, -0.2) is 17.9 Å². The van der Waals surface area contributed by atoms with E-state index in [0.29, 0.717) is 5.69 Å². The van der Waals surface area contributed by atoms with Gasteiger partial charge < -0.3 is 10.1 Å². The molecule has 138 valence electrons. The van der Waals surface area contributed by atoms with Crippen molar-refractivity contribution < 1.29 is 22.7 Å². The van der Waals surface area contributed by atoms with E-state index >= 15 is 0 Å². The highest BCUT2D eigenvalue weighted by molar-refractivity contribution is 7.89. The lowest BCUT2D eigenvalue weighted by Gasteiger charge is -2.09. The van der Waals surface area contributed by atoms with E-state index < -0.39 is 28.4 Å². The molecule has 0 saturated heterocycles. The lowest BCUT2D eigenvalue weighted by molar-refractivity contribution is -0.115. The van der Waals surface area contributed by atoms with Crippen LogP contribution >= 0.6 is 0 Å². The Morgan fingerprint density at radius 3 is 2.19 bits per heavy atom. The van der Waals surface area contributed by atoms with E-state index in [-0.39, 0.29) is 17.1 Å². The number of carbonyl (C=O) groups excluding carboxylic acids is 2. The predicted octanol–water partition coefficient (Wildman–Crippen LogP) is 2.09. The summed E-state index contributed by atoms with van der Waals surface area (Å²) in [6.07, 6.45) is 0. The molecule has 0 spiro atoms. The molecule has 0 bridgehead atoms. The molecule has 0 aliphatic heterocycles. The van der Waals surface area contributed by atoms with Crippen molar-refractivity contribution in [2.24, 2.45) is 0 Å². The molecule has 8 heteroatoms. The Kier molecular flexibility index (Phi) is 6.48. The second kappa shape index (κ2) is 8.59. The summed E-state index contributed by atoms with van der Waals surface area (Å²) in [5, 5.41) is 2.60. The Balaban J connectivity index is 1.96. The molecule has 1 amide bonds. The van der Waals surface area contributed by atoms with Gasteiger partial charge in [0.05, 0.1) is 23.6 Å². The molecule has 0 atom stereocenters. The van der Waals surface area contributed by atoms with E-state index in [1.54, 1.807) is 19.1 Å². The standard InChI is InChI=1S/C18H20N2O5S/c1-3-25-18(22)14-6-10-16(11-7-14)26(23,24)19-12-17(21)20-15-8-4-13(2)5-9-15/h4-11,19H,3,12H2,1-2H3,(H,20,21). The average Bonchev–Trinajstić information content (AvgIpc) is 2.62. The summed E-state index contributed by atoms with van der Waals surface area (Å²) >= 11 is 0. The first-order valence-electron chi connectivity index (χ1n) is 7.95. The molecule has 0 aliphatic carbocycles. The lowest BCUT2D eigenvalue weighted by Crippen LogP contribution is -2.32. The Morgan fingerprint density at radius 1 is 1.00 bits per heavy atom. The minimum Gasteiger partial charge on any atom is -0.462 e. The third-order valence-electron chi connectivity index (χ3n) is 3.43. The fraction of sp³-hybridized carbons (Fsp3) is 0.222. The van der Waals surface area contributed by atoms with Crippen LogP contribution in [0.25, 0.3) is 0 Å². The predicted molar refractivity (Wildman–Crippen MR) is 97.4 cm³/mol. The second-order valence-electron chi connectivity index (χ2n) is 5.48. The number of anilines is 1. The first-order valence-corrected chi connectivity index (χ1v) is 9.43. The summed E-state index contributed by atoms with van der Waals surface area (Å²) in [6.45, 7) is 3.43. The van der Waals surface area contributed by atoms with E-state index in [1.807, 2.05) is 19.1 Å². The minimum absolute atomic E-state index is 0.0475. The normalized spacial score (nSPS) is 11.0. The molecule has 0 heterocycles. The molecule has 2 rings (SSSR count). The van der Waals surface area contributed by atoms with E-state index in [9.17, 15) is 18.0 Å². The van der Waals surface area contributed by atoms with Crippen molar-refractivity contribution in [2.75, 3.05) is 18.5 Å². The Labute approximate surface area is 152 Å². The van der Waals surface area contributed by atoms with Crippen LogP contribution in [0.15, 0.2) is 53.4 Å². The maximum absolute atomic E-state index is 12.2. The van der Waals surface area contributed by atoms with Crippen LogP contribution in [0.4, 0.5) is 5.69 Å². The fourth-order valence-corrected chi connectivity index (χ4v) is 3.05. The highest BCUT2D eigenvalue weighted by Gasteiger charge is 2.16. The number of rotatable bonds is 7. The summed E-state index contributed by atoms with van der Waals surface area (Å²) in [4.78, 5) is 23.4. The Hall–Kier alpha value is -2.71. The number of amides is 1. The first-order chi connectivity index (χ1) is 12.3. The number of sulfonamides is 1. The van der Waals surface area contributed by atoms with Gasteiger partial charge in [0.1, 0.15) is 0 Å². The van der Waals surface area contributed by atoms with Crippen molar-refractivity contribution in [3.8, 4) is 0 Å². The molecule has 0 radical (unpaired) electrons. The van der Waals surface area contributed by atoms with Crippen LogP contribution in [-0.2, 0) is 19.6 Å². The number of aryl methyl sites for hydroxylation is 1. The van der Waals surface area contributed by atoms with Crippen LogP contribution in [0, 0.1) is 6.92 Å². The van der Waals surface area contributed by atoms with Crippen LogP contribution < -0.4 is 10.0 Å². The van der Waals surface area contributed by atoms with Crippen LogP contribution in [0.5, 0.6) is 0 Å². The van der Waals surface area contributed by atoms with E-state index in [2.05, 4.69) is 10.0 Å². The number of ether oxygens (including phenoxy) is 1. The van der Waals surface area contributed by atoms with E-state index in [1.165, 1.54) is 24.3 Å². The van der Waals surface area contributed by atoms with Gasteiger partial charge in [0.25, 0.3) is 0 Å². The summed E-state index contributed by atoms with van der Waals surface area (Å²) in [7, 11) is -3.87. The molecule has 0 saturated carbocycles. The van der Waals surface area contributed by atoms with E-state index in [4.69, 9.17) is 4.74 Å². The molecule has 2 aromatic rings. The average molecular weight is 376 g/mol. The number of hydrogen-bond donors (Lipinski definition) is 2. The van der Waals surface area contributed by atoms with Crippen LogP contribution in [0.3, 0.4) is 0 Å². The summed E-state index contributed by atoms with van der Waals surface area (Å²) in [5.41, 5.74) is 1.89. The summed E-state index contributed by atoms with van der Waals surface area (Å²) in [6, 6.07) is 12.4. The quantitative estimate of drug-likeness (QED) is 0.721. The third kappa shape index (κ3) is 5.40. The van der Waals surface area contributed by atoms with Gasteiger partial charge >= 0.3 is 5.97 Å². The molecule has 0 aromatic heterocycles. The maximum atomic E-state index is 12.2. The highest BCUT2D eigenvalue weighted by atomic mass is 32.2. The molecule has 0 unspecified atom stereocenters. The van der Waals surface area contributed by atoms with Gasteiger partial charge in [-0.1, -0.05) is 17.7 Å². The van der Waals surface area contributed by atoms with Crippen molar-refractivity contribution in [3.05, 3.63) is 59.7 Å². The lowest BCUT2D eigenvalue weighted by atomic mass is 10.2. The zero-order valence-corrected chi connectivity index (χ0v) is 15.3. The van der Waals surface area contributed by atoms with Crippen LogP contribution in [-0.4, -0.2) is 33.4 Å². The number of benzene rings is 2. The Bertz CT molecular complexity index is 875. The smallest absolute Gasteiger partial charge is 0.338 e. The largest absolute Gasteiger partial charge is 0.462 e. The van der Waals surface area contributed by atoms with Gasteiger partial charge in [-0.15, -0.1) is 0 Å². The molecule has 0 fully saturated rings. The van der Waals surface area contributed by atoms with E-state index in [0.717, 1.165) is 5.56 Å². The van der Waals surface area contributed by atoms with Gasteiger partial charge in [-0.05, 0) is 50.2 Å². The number of esters is 1. The molecule has 7 nitrogen and oxygen atoms in total. The minimum atomic E-state index is -3.87. The number of carbonyl (C=O) groups is 2. The van der Waals surface area contributed by atoms with Gasteiger partial charge in [0, 0.05) is 5.69 Å². The highest BCUT2D eigenvalue weighted by Crippen LogP contribution is 2.12. The summed E-state index contributed by atoms with van der Waals surface area (Å²) < 4.78 is 31.5. The second-order valence-corrected chi connectivity index (χ2v) is 7.25. The van der Waals surface area contributed by atoms with Crippen LogP contribution in [0.2, 0.25) is 0 Å². The maximum Gasteiger partial charge on any atom is 0.338 e. The molecular weight excluding hydrogens is 356 g/mol. The molecule has 2 N–H and O–H groups in total. The molecular formula is C18H20N2O5S. The van der Waals surface area contributed by atoms with Crippen molar-refractivity contribution in [1.29, 1.82) is 0 Å². The van der Waals surface area contributed by atoms with Gasteiger partial charge in [0.15, 0.2) is 0 Å². The first kappa shape index (κ1) is 19.6. The fourth-order valence-electron chi connectivity index (χ4n) is 2.07. The Morgan fingerprint density at radius 2 is 1.62 bits per heavy atom. The topological polar surface area (TPSA) is 102 Å². The molecule has 0 aliphatic rings. The molecule has 2 aromatic carbocycles. The van der Waals surface area contributed by atoms with Gasteiger partial charge in [-0.2, -0.15) is 0 Å². The molecule has 26 heavy (non-hydrogen) atoms. The number of nitrogens with one attached hydrogen (secondary N) is 2. The van der Waals surface area contributed by atoms with Gasteiger partial charge in [0.2, 0.25) is 15.9 Å². The number of hydrogen-bond acceptors (Lipinski definition) is 5. The van der Waals surface area contributed by atoms with Crippen molar-refractivity contribution in [3.63, 3.8) is 0 Å². The van der Waals surface area contributed by atoms with Crippen molar-refractivity contribution in [1.82, 2.24) is 4.72 Å². The zero-order chi connectivity index (χ0) is 19.2. The van der Waals surface area contributed by atoms with Crippen molar-refractivity contribution >= 4 is 27.6 Å². The van der Waals surface area contributed by atoms with Crippen LogP contribution in [0.1, 0.15) is 22.8 Å². The third-order valence-corrected chi connectivity index (χ3v) is 4.85. The van der Waals surface area contributed by atoms with Gasteiger partial charge in [-0.3, -0.25) is 4.79 Å².